The third-order valence-corrected chi connectivity index (χ3v) is 4.72. The predicted octanol–water partition coefficient (Wildman–Crippen LogP) is 4.88. The van der Waals surface area contributed by atoms with E-state index >= 15 is 0 Å². The molecule has 104 valence electrons. The van der Waals surface area contributed by atoms with Crippen molar-refractivity contribution in [2.24, 2.45) is 0 Å². The van der Waals surface area contributed by atoms with Gasteiger partial charge in [-0.2, -0.15) is 0 Å². The fourth-order valence-electron chi connectivity index (χ4n) is 2.69. The number of rotatable bonds is 5. The van der Waals surface area contributed by atoms with Crippen molar-refractivity contribution < 1.29 is 0 Å². The van der Waals surface area contributed by atoms with E-state index in [1.54, 1.807) is 0 Å². The summed E-state index contributed by atoms with van der Waals surface area (Å²) in [6.07, 6.45) is 1.86. The molecular weight excluding hydrogens is 288 g/mol. The quantitative estimate of drug-likeness (QED) is 0.614. The molecule has 0 fully saturated rings. The molecule has 0 saturated carbocycles. The van der Waals surface area contributed by atoms with E-state index in [9.17, 15) is 0 Å². The molecular formula is C16H17ClN2S. The summed E-state index contributed by atoms with van der Waals surface area (Å²) in [6.45, 7) is 2.23. The molecule has 0 aliphatic rings. The maximum atomic E-state index is 5.96. The number of benzene rings is 1. The molecule has 0 saturated heterocycles. The fourth-order valence-corrected chi connectivity index (χ4v) is 3.76. The zero-order chi connectivity index (χ0) is 13.9. The lowest BCUT2D eigenvalue weighted by Crippen LogP contribution is -2.12. The van der Waals surface area contributed by atoms with Crippen molar-refractivity contribution >= 4 is 34.0 Å². The molecule has 0 radical (unpaired) electrons. The number of imidazole rings is 1. The lowest BCUT2D eigenvalue weighted by molar-refractivity contribution is 0.567. The Bertz CT molecular complexity index is 688. The van der Waals surface area contributed by atoms with Gasteiger partial charge in [0.25, 0.3) is 0 Å². The molecule has 0 spiro atoms. The number of halogens is 1. The van der Waals surface area contributed by atoms with Crippen molar-refractivity contribution in [2.45, 2.75) is 25.8 Å². The molecule has 0 bridgehead atoms. The molecule has 1 atom stereocenters. The summed E-state index contributed by atoms with van der Waals surface area (Å²) >= 11 is 7.77. The number of alkyl halides is 1. The SMILES string of the molecule is CCC(c1cccs1)n1c(CCCl)nc2ccccc21. The first-order chi connectivity index (χ1) is 9.85. The van der Waals surface area contributed by atoms with E-state index in [4.69, 9.17) is 16.6 Å². The number of thiophene rings is 1. The second kappa shape index (κ2) is 5.98. The number of aromatic nitrogens is 2. The summed E-state index contributed by atoms with van der Waals surface area (Å²) in [4.78, 5) is 6.15. The normalized spacial score (nSPS) is 12.9. The minimum atomic E-state index is 0.348. The first-order valence-electron chi connectivity index (χ1n) is 6.90. The van der Waals surface area contributed by atoms with Crippen molar-refractivity contribution in [3.63, 3.8) is 0 Å². The van der Waals surface area contributed by atoms with E-state index in [1.807, 2.05) is 17.4 Å². The molecule has 0 aliphatic heterocycles. The first kappa shape index (κ1) is 13.7. The van der Waals surface area contributed by atoms with Gasteiger partial charge in [-0.3, -0.25) is 0 Å². The van der Waals surface area contributed by atoms with E-state index in [-0.39, 0.29) is 0 Å². The molecule has 3 rings (SSSR count). The first-order valence-corrected chi connectivity index (χ1v) is 8.31. The van der Waals surface area contributed by atoms with Gasteiger partial charge < -0.3 is 4.57 Å². The van der Waals surface area contributed by atoms with Crippen LogP contribution in [0.25, 0.3) is 11.0 Å². The van der Waals surface area contributed by atoms with E-state index < -0.39 is 0 Å². The lowest BCUT2D eigenvalue weighted by atomic mass is 10.1. The minimum absolute atomic E-state index is 0.348. The Hall–Kier alpha value is -1.32. The number of hydrogen-bond donors (Lipinski definition) is 0. The van der Waals surface area contributed by atoms with Crippen LogP contribution >= 0.6 is 22.9 Å². The topological polar surface area (TPSA) is 17.8 Å². The van der Waals surface area contributed by atoms with Gasteiger partial charge in [-0.25, -0.2) is 4.98 Å². The molecule has 2 nitrogen and oxygen atoms in total. The third kappa shape index (κ3) is 2.36. The maximum Gasteiger partial charge on any atom is 0.111 e. The van der Waals surface area contributed by atoms with Crippen molar-refractivity contribution in [3.05, 3.63) is 52.5 Å². The molecule has 0 N–H and O–H groups in total. The summed E-state index contributed by atoms with van der Waals surface area (Å²) in [6, 6.07) is 13.0. The molecule has 2 aromatic heterocycles. The van der Waals surface area contributed by atoms with E-state index in [1.165, 1.54) is 10.4 Å². The molecule has 4 heteroatoms. The van der Waals surface area contributed by atoms with Crippen molar-refractivity contribution in [2.75, 3.05) is 5.88 Å². The van der Waals surface area contributed by atoms with Gasteiger partial charge in [0.1, 0.15) is 5.82 Å². The Morgan fingerprint density at radius 1 is 1.25 bits per heavy atom. The van der Waals surface area contributed by atoms with Crippen LogP contribution in [-0.2, 0) is 6.42 Å². The largest absolute Gasteiger partial charge is 0.319 e. The molecule has 1 unspecified atom stereocenters. The highest BCUT2D eigenvalue weighted by molar-refractivity contribution is 7.10. The smallest absolute Gasteiger partial charge is 0.111 e. The fraction of sp³-hybridized carbons (Fsp3) is 0.312. The second-order valence-electron chi connectivity index (χ2n) is 4.77. The number of para-hydroxylation sites is 2. The van der Waals surface area contributed by atoms with Crippen LogP contribution in [-0.4, -0.2) is 15.4 Å². The van der Waals surface area contributed by atoms with Crippen LogP contribution in [0.1, 0.15) is 30.1 Å². The predicted molar refractivity (Wildman–Crippen MR) is 86.9 cm³/mol. The number of nitrogens with zero attached hydrogens (tertiary/aromatic N) is 2. The Morgan fingerprint density at radius 2 is 2.10 bits per heavy atom. The third-order valence-electron chi connectivity index (χ3n) is 3.56. The Labute approximate surface area is 128 Å². The molecule has 1 aromatic carbocycles. The van der Waals surface area contributed by atoms with Gasteiger partial charge in [0.05, 0.1) is 17.1 Å². The molecule has 0 amide bonds. The summed E-state index contributed by atoms with van der Waals surface area (Å²) in [5.74, 6) is 1.69. The van der Waals surface area contributed by atoms with Crippen LogP contribution in [0, 0.1) is 0 Å². The van der Waals surface area contributed by atoms with Crippen LogP contribution < -0.4 is 0 Å². The Kier molecular flexibility index (Phi) is 4.08. The van der Waals surface area contributed by atoms with E-state index in [0.29, 0.717) is 11.9 Å². The molecule has 20 heavy (non-hydrogen) atoms. The average molecular weight is 305 g/mol. The molecule has 0 aliphatic carbocycles. The van der Waals surface area contributed by atoms with Crippen molar-refractivity contribution in [1.82, 2.24) is 9.55 Å². The standard InChI is InChI=1S/C16H17ClN2S/c1-2-13(15-8-5-11-20-15)19-14-7-4-3-6-12(14)18-16(19)9-10-17/h3-8,11,13H,2,9-10H2,1H3. The minimum Gasteiger partial charge on any atom is -0.319 e. The maximum absolute atomic E-state index is 5.96. The average Bonchev–Trinajstić information content (AvgIpc) is 3.09. The summed E-state index contributed by atoms with van der Waals surface area (Å²) in [5.41, 5.74) is 2.26. The van der Waals surface area contributed by atoms with Gasteiger partial charge in [0.2, 0.25) is 0 Å². The number of hydrogen-bond acceptors (Lipinski definition) is 2. The van der Waals surface area contributed by atoms with Crippen LogP contribution in [0.15, 0.2) is 41.8 Å². The zero-order valence-electron chi connectivity index (χ0n) is 11.4. The Balaban J connectivity index is 2.19. The van der Waals surface area contributed by atoms with Gasteiger partial charge in [-0.1, -0.05) is 25.1 Å². The van der Waals surface area contributed by atoms with Gasteiger partial charge >= 0.3 is 0 Å². The second-order valence-corrected chi connectivity index (χ2v) is 6.12. The van der Waals surface area contributed by atoms with E-state index in [2.05, 4.69) is 47.2 Å². The Morgan fingerprint density at radius 3 is 2.80 bits per heavy atom. The zero-order valence-corrected chi connectivity index (χ0v) is 13.0. The van der Waals surface area contributed by atoms with Crippen molar-refractivity contribution in [1.29, 1.82) is 0 Å². The monoisotopic (exact) mass is 304 g/mol. The van der Waals surface area contributed by atoms with Gasteiger partial charge in [0, 0.05) is 17.2 Å². The van der Waals surface area contributed by atoms with Crippen molar-refractivity contribution in [3.8, 4) is 0 Å². The van der Waals surface area contributed by atoms with Gasteiger partial charge in [0.15, 0.2) is 0 Å². The summed E-state index contributed by atoms with van der Waals surface area (Å²) < 4.78 is 2.36. The van der Waals surface area contributed by atoms with Gasteiger partial charge in [-0.05, 0) is 30.0 Å². The summed E-state index contributed by atoms with van der Waals surface area (Å²) in [5, 5.41) is 2.14. The number of fused-ring (bicyclic) bond motifs is 1. The van der Waals surface area contributed by atoms with Crippen LogP contribution in [0.5, 0.6) is 0 Å². The molecule has 2 heterocycles. The highest BCUT2D eigenvalue weighted by Gasteiger charge is 2.19. The highest BCUT2D eigenvalue weighted by Crippen LogP contribution is 2.31. The summed E-state index contributed by atoms with van der Waals surface area (Å²) in [7, 11) is 0. The van der Waals surface area contributed by atoms with E-state index in [0.717, 1.165) is 24.2 Å². The number of aryl methyl sites for hydroxylation is 1. The lowest BCUT2D eigenvalue weighted by Gasteiger charge is -2.19. The van der Waals surface area contributed by atoms with Crippen LogP contribution in [0.4, 0.5) is 0 Å². The van der Waals surface area contributed by atoms with Crippen LogP contribution in [0.2, 0.25) is 0 Å². The van der Waals surface area contributed by atoms with Gasteiger partial charge in [-0.15, -0.1) is 22.9 Å². The van der Waals surface area contributed by atoms with Crippen LogP contribution in [0.3, 0.4) is 0 Å². The molecule has 3 aromatic rings. The highest BCUT2D eigenvalue weighted by atomic mass is 35.5.